The van der Waals surface area contributed by atoms with Gasteiger partial charge in [0.15, 0.2) is 0 Å². The topological polar surface area (TPSA) is 23.5 Å². The zero-order chi connectivity index (χ0) is 11.7. The number of aliphatic hydroxyl groups excluding tert-OH is 1. The van der Waals surface area contributed by atoms with Gasteiger partial charge in [-0.2, -0.15) is 0 Å². The highest BCUT2D eigenvalue weighted by Gasteiger charge is 2.34. The highest BCUT2D eigenvalue weighted by Crippen LogP contribution is 2.36. The summed E-state index contributed by atoms with van der Waals surface area (Å²) in [5, 5.41) is 10.1. The summed E-state index contributed by atoms with van der Waals surface area (Å²) in [6.07, 6.45) is 0.255. The maximum absolute atomic E-state index is 13.4. The molecule has 1 saturated heterocycles. The number of nitrogens with zero attached hydrogens (tertiary/aromatic N) is 1. The highest BCUT2D eigenvalue weighted by atomic mass is 35.5. The third kappa shape index (κ3) is 1.95. The lowest BCUT2D eigenvalue weighted by atomic mass is 10.0. The fourth-order valence-electron chi connectivity index (χ4n) is 2.35. The molecule has 1 heterocycles. The van der Waals surface area contributed by atoms with Crippen LogP contribution in [-0.4, -0.2) is 29.2 Å². The average Bonchev–Trinajstić information content (AvgIpc) is 2.64. The summed E-state index contributed by atoms with van der Waals surface area (Å²) in [6, 6.07) is 4.58. The molecule has 0 aliphatic carbocycles. The van der Waals surface area contributed by atoms with E-state index >= 15 is 0 Å². The minimum atomic E-state index is -0.459. The Morgan fingerprint density at radius 3 is 3.00 bits per heavy atom. The van der Waals surface area contributed by atoms with Crippen molar-refractivity contribution in [3.05, 3.63) is 34.6 Å². The van der Waals surface area contributed by atoms with Crippen molar-refractivity contribution in [1.82, 2.24) is 4.90 Å². The summed E-state index contributed by atoms with van der Waals surface area (Å²) < 4.78 is 13.4. The molecular formula is C12H15ClFNO. The second-order valence-electron chi connectivity index (χ2n) is 4.07. The van der Waals surface area contributed by atoms with Crippen LogP contribution in [0.15, 0.2) is 18.2 Å². The molecule has 1 N–H and O–H groups in total. The van der Waals surface area contributed by atoms with E-state index in [4.69, 9.17) is 11.6 Å². The SMILES string of the molecule is CCN1CCC(O)C1c1cccc(F)c1Cl. The molecule has 1 aliphatic rings. The molecule has 1 fully saturated rings. The van der Waals surface area contributed by atoms with Gasteiger partial charge in [0.2, 0.25) is 0 Å². The van der Waals surface area contributed by atoms with Crippen molar-refractivity contribution in [2.75, 3.05) is 13.1 Å². The predicted octanol–water partition coefficient (Wildman–Crippen LogP) is 2.61. The first kappa shape index (κ1) is 11.8. The van der Waals surface area contributed by atoms with Gasteiger partial charge in [-0.1, -0.05) is 30.7 Å². The summed E-state index contributed by atoms with van der Waals surface area (Å²) in [5.74, 6) is -0.422. The Bertz CT molecular complexity index is 385. The van der Waals surface area contributed by atoms with E-state index in [1.165, 1.54) is 6.07 Å². The third-order valence-corrected chi connectivity index (χ3v) is 3.57. The molecule has 2 nitrogen and oxygen atoms in total. The molecule has 0 bridgehead atoms. The van der Waals surface area contributed by atoms with Gasteiger partial charge < -0.3 is 5.11 Å². The van der Waals surface area contributed by atoms with Crippen molar-refractivity contribution in [1.29, 1.82) is 0 Å². The Morgan fingerprint density at radius 2 is 2.31 bits per heavy atom. The lowest BCUT2D eigenvalue weighted by molar-refractivity contribution is 0.119. The quantitative estimate of drug-likeness (QED) is 0.863. The molecular weight excluding hydrogens is 229 g/mol. The minimum absolute atomic E-state index is 0.131. The Labute approximate surface area is 99.6 Å². The summed E-state index contributed by atoms with van der Waals surface area (Å²) in [6.45, 7) is 3.68. The zero-order valence-electron chi connectivity index (χ0n) is 9.16. The highest BCUT2D eigenvalue weighted by molar-refractivity contribution is 6.31. The molecule has 2 unspecified atom stereocenters. The van der Waals surface area contributed by atoms with Gasteiger partial charge in [0.25, 0.3) is 0 Å². The second kappa shape index (κ2) is 4.70. The van der Waals surface area contributed by atoms with Crippen LogP contribution in [0.2, 0.25) is 5.02 Å². The first-order valence-electron chi connectivity index (χ1n) is 5.51. The molecule has 1 aromatic rings. The molecule has 88 valence electrons. The summed E-state index contributed by atoms with van der Waals surface area (Å²) in [7, 11) is 0. The average molecular weight is 244 g/mol. The fourth-order valence-corrected chi connectivity index (χ4v) is 2.58. The van der Waals surface area contributed by atoms with Crippen LogP contribution in [0.3, 0.4) is 0 Å². The van der Waals surface area contributed by atoms with Crippen LogP contribution in [0.1, 0.15) is 24.9 Å². The number of halogens is 2. The Hall–Kier alpha value is -0.640. The van der Waals surface area contributed by atoms with Crippen LogP contribution in [0, 0.1) is 5.82 Å². The van der Waals surface area contributed by atoms with Gasteiger partial charge in [-0.05, 0) is 24.6 Å². The molecule has 0 radical (unpaired) electrons. The first-order chi connectivity index (χ1) is 7.65. The van der Waals surface area contributed by atoms with E-state index in [-0.39, 0.29) is 11.1 Å². The number of hydrogen-bond donors (Lipinski definition) is 1. The van der Waals surface area contributed by atoms with Crippen LogP contribution in [-0.2, 0) is 0 Å². The maximum atomic E-state index is 13.4. The van der Waals surface area contributed by atoms with E-state index < -0.39 is 11.9 Å². The van der Waals surface area contributed by atoms with Crippen molar-refractivity contribution in [2.45, 2.75) is 25.5 Å². The van der Waals surface area contributed by atoms with Gasteiger partial charge in [-0.15, -0.1) is 0 Å². The minimum Gasteiger partial charge on any atom is -0.391 e. The van der Waals surface area contributed by atoms with E-state index in [1.807, 2.05) is 6.92 Å². The monoisotopic (exact) mass is 243 g/mol. The van der Waals surface area contributed by atoms with Crippen LogP contribution < -0.4 is 0 Å². The number of aliphatic hydroxyl groups is 1. The van der Waals surface area contributed by atoms with Crippen molar-refractivity contribution in [3.8, 4) is 0 Å². The van der Waals surface area contributed by atoms with E-state index in [9.17, 15) is 9.50 Å². The lowest BCUT2D eigenvalue weighted by Crippen LogP contribution is -2.27. The predicted molar refractivity (Wildman–Crippen MR) is 62.0 cm³/mol. The van der Waals surface area contributed by atoms with E-state index in [2.05, 4.69) is 4.90 Å². The molecule has 2 rings (SSSR count). The van der Waals surface area contributed by atoms with E-state index in [0.717, 1.165) is 13.1 Å². The largest absolute Gasteiger partial charge is 0.391 e. The number of benzene rings is 1. The first-order valence-corrected chi connectivity index (χ1v) is 5.89. The number of likely N-dealkylation sites (tertiary alicyclic amines) is 1. The standard InChI is InChI=1S/C12H15ClFNO/c1-2-15-7-6-10(16)12(15)8-4-3-5-9(14)11(8)13/h3-5,10,12,16H,2,6-7H2,1H3. The van der Waals surface area contributed by atoms with E-state index in [1.54, 1.807) is 12.1 Å². The fraction of sp³-hybridized carbons (Fsp3) is 0.500. The molecule has 0 spiro atoms. The van der Waals surface area contributed by atoms with Crippen LogP contribution in [0.5, 0.6) is 0 Å². The van der Waals surface area contributed by atoms with Crippen molar-refractivity contribution in [3.63, 3.8) is 0 Å². The summed E-state index contributed by atoms with van der Waals surface area (Å²) in [4.78, 5) is 2.12. The van der Waals surface area contributed by atoms with Crippen LogP contribution >= 0.6 is 11.6 Å². The molecule has 16 heavy (non-hydrogen) atoms. The van der Waals surface area contributed by atoms with Crippen molar-refractivity contribution < 1.29 is 9.50 Å². The number of hydrogen-bond acceptors (Lipinski definition) is 2. The molecule has 1 aromatic carbocycles. The molecule has 0 aromatic heterocycles. The number of rotatable bonds is 2. The van der Waals surface area contributed by atoms with Gasteiger partial charge in [0.1, 0.15) is 5.82 Å². The maximum Gasteiger partial charge on any atom is 0.142 e. The van der Waals surface area contributed by atoms with Crippen molar-refractivity contribution >= 4 is 11.6 Å². The lowest BCUT2D eigenvalue weighted by Gasteiger charge is -2.26. The molecule has 2 atom stereocenters. The second-order valence-corrected chi connectivity index (χ2v) is 4.45. The molecule has 1 aliphatic heterocycles. The molecule has 4 heteroatoms. The molecule has 0 amide bonds. The Morgan fingerprint density at radius 1 is 1.56 bits per heavy atom. The van der Waals surface area contributed by atoms with E-state index in [0.29, 0.717) is 12.0 Å². The van der Waals surface area contributed by atoms with Crippen LogP contribution in [0.4, 0.5) is 4.39 Å². The Kier molecular flexibility index (Phi) is 3.47. The van der Waals surface area contributed by atoms with Gasteiger partial charge in [0.05, 0.1) is 17.2 Å². The molecule has 0 saturated carbocycles. The smallest absolute Gasteiger partial charge is 0.142 e. The third-order valence-electron chi connectivity index (χ3n) is 3.18. The summed E-state index contributed by atoms with van der Waals surface area (Å²) in [5.41, 5.74) is 0.688. The van der Waals surface area contributed by atoms with Gasteiger partial charge in [-0.25, -0.2) is 4.39 Å². The van der Waals surface area contributed by atoms with Crippen molar-refractivity contribution in [2.24, 2.45) is 0 Å². The van der Waals surface area contributed by atoms with Gasteiger partial charge in [0, 0.05) is 6.54 Å². The normalized spacial score (nSPS) is 26.2. The van der Waals surface area contributed by atoms with Gasteiger partial charge in [-0.3, -0.25) is 4.90 Å². The zero-order valence-corrected chi connectivity index (χ0v) is 9.91. The summed E-state index contributed by atoms with van der Waals surface area (Å²) >= 11 is 5.95. The van der Waals surface area contributed by atoms with Crippen LogP contribution in [0.25, 0.3) is 0 Å². The number of likely N-dealkylation sites (N-methyl/N-ethyl adjacent to an activating group) is 1. The van der Waals surface area contributed by atoms with Gasteiger partial charge >= 0.3 is 0 Å². The Balaban J connectivity index is 2.38.